The molecule has 0 amide bonds. The van der Waals surface area contributed by atoms with E-state index < -0.39 is 0 Å². The van der Waals surface area contributed by atoms with Gasteiger partial charge in [-0.25, -0.2) is 15.0 Å². The second-order valence-electron chi connectivity index (χ2n) is 7.40. The van der Waals surface area contributed by atoms with E-state index in [2.05, 4.69) is 88.0 Å². The molecule has 0 aliphatic carbocycles. The van der Waals surface area contributed by atoms with E-state index in [0.29, 0.717) is 5.95 Å². The summed E-state index contributed by atoms with van der Waals surface area (Å²) in [7, 11) is 2.15. The van der Waals surface area contributed by atoms with Crippen molar-refractivity contribution in [3.63, 3.8) is 0 Å². The van der Waals surface area contributed by atoms with Crippen molar-refractivity contribution in [1.82, 2.24) is 19.9 Å². The Morgan fingerprint density at radius 1 is 0.857 bits per heavy atom. The van der Waals surface area contributed by atoms with Crippen LogP contribution in [0.4, 0.5) is 5.95 Å². The maximum atomic E-state index is 4.71. The molecule has 1 aliphatic heterocycles. The van der Waals surface area contributed by atoms with E-state index >= 15 is 0 Å². The van der Waals surface area contributed by atoms with Crippen molar-refractivity contribution in [2.24, 2.45) is 0 Å². The Balaban J connectivity index is 1.45. The van der Waals surface area contributed by atoms with Crippen molar-refractivity contribution >= 4 is 27.6 Å². The Morgan fingerprint density at radius 2 is 1.68 bits per heavy atom. The molecule has 1 aliphatic rings. The maximum Gasteiger partial charge on any atom is 0.238 e. The molecule has 5 rings (SSSR count). The van der Waals surface area contributed by atoms with Gasteiger partial charge in [0.2, 0.25) is 5.95 Å². The van der Waals surface area contributed by atoms with Gasteiger partial charge >= 0.3 is 0 Å². The molecule has 1 aromatic heterocycles. The van der Waals surface area contributed by atoms with E-state index in [-0.39, 0.29) is 0 Å². The van der Waals surface area contributed by atoms with Crippen molar-refractivity contribution in [2.45, 2.75) is 0 Å². The largest absolute Gasteiger partial charge is 0.304 e. The molecule has 28 heavy (non-hydrogen) atoms. The molecule has 0 spiro atoms. The van der Waals surface area contributed by atoms with Crippen LogP contribution in [0.25, 0.3) is 32.8 Å². The van der Waals surface area contributed by atoms with Crippen LogP contribution in [0.1, 0.15) is 0 Å². The molecule has 2 heterocycles. The van der Waals surface area contributed by atoms with Gasteiger partial charge in [-0.15, -0.1) is 0 Å². The third-order valence-electron chi connectivity index (χ3n) is 5.44. The van der Waals surface area contributed by atoms with Crippen LogP contribution in [0.5, 0.6) is 0 Å². The Labute approximate surface area is 164 Å². The van der Waals surface area contributed by atoms with Gasteiger partial charge in [0.1, 0.15) is 0 Å². The van der Waals surface area contributed by atoms with E-state index in [0.717, 1.165) is 37.1 Å². The number of likely N-dealkylation sites (N-methyl/N-ethyl adjacent to an activating group) is 1. The number of nitrogens with one attached hydrogen (secondary N) is 1. The van der Waals surface area contributed by atoms with Gasteiger partial charge in [0.15, 0.2) is 0 Å². The number of rotatable bonds is 3. The third kappa shape index (κ3) is 3.30. The number of fused-ring (bicyclic) bond motifs is 2. The SMILES string of the molecule is CN1CCN(Nc2ncc3cc(-c4cccc5ccccc45)ccc3n2)CC1. The Kier molecular flexibility index (Phi) is 4.39. The normalized spacial score (nSPS) is 15.9. The van der Waals surface area contributed by atoms with Crippen LogP contribution in [0.15, 0.2) is 66.9 Å². The van der Waals surface area contributed by atoms with Crippen molar-refractivity contribution in [3.8, 4) is 11.1 Å². The molecule has 1 saturated heterocycles. The molecule has 3 aromatic carbocycles. The van der Waals surface area contributed by atoms with Gasteiger partial charge < -0.3 is 4.90 Å². The monoisotopic (exact) mass is 369 g/mol. The summed E-state index contributed by atoms with van der Waals surface area (Å²) < 4.78 is 0. The van der Waals surface area contributed by atoms with Crippen molar-refractivity contribution in [3.05, 3.63) is 66.9 Å². The van der Waals surface area contributed by atoms with Gasteiger partial charge in [0.25, 0.3) is 0 Å². The summed E-state index contributed by atoms with van der Waals surface area (Å²) in [4.78, 5) is 11.6. The van der Waals surface area contributed by atoms with E-state index in [9.17, 15) is 0 Å². The molecule has 1 fully saturated rings. The van der Waals surface area contributed by atoms with Crippen LogP contribution in [0.2, 0.25) is 0 Å². The van der Waals surface area contributed by atoms with Gasteiger partial charge in [0.05, 0.1) is 5.52 Å². The van der Waals surface area contributed by atoms with Gasteiger partial charge in [-0.05, 0) is 41.1 Å². The van der Waals surface area contributed by atoms with Crippen molar-refractivity contribution < 1.29 is 0 Å². The lowest BCUT2D eigenvalue weighted by Crippen LogP contribution is -2.47. The van der Waals surface area contributed by atoms with E-state index in [1.165, 1.54) is 21.9 Å². The first-order valence-corrected chi connectivity index (χ1v) is 9.71. The first-order valence-electron chi connectivity index (χ1n) is 9.71. The molecule has 0 unspecified atom stereocenters. The highest BCUT2D eigenvalue weighted by Gasteiger charge is 2.14. The summed E-state index contributed by atoms with van der Waals surface area (Å²) in [6.07, 6.45) is 1.91. The van der Waals surface area contributed by atoms with Crippen molar-refractivity contribution in [2.75, 3.05) is 38.7 Å². The molecule has 0 bridgehead atoms. The summed E-state index contributed by atoms with van der Waals surface area (Å²) in [5.41, 5.74) is 6.73. The minimum absolute atomic E-state index is 0.662. The summed E-state index contributed by atoms with van der Waals surface area (Å²) in [6.45, 7) is 4.04. The fourth-order valence-electron chi connectivity index (χ4n) is 3.79. The summed E-state index contributed by atoms with van der Waals surface area (Å²) in [6, 6.07) is 21.3. The topological polar surface area (TPSA) is 44.3 Å². The van der Waals surface area contributed by atoms with E-state index in [4.69, 9.17) is 4.98 Å². The fourth-order valence-corrected chi connectivity index (χ4v) is 3.79. The van der Waals surface area contributed by atoms with Crippen LogP contribution in [-0.4, -0.2) is 53.1 Å². The van der Waals surface area contributed by atoms with Crippen LogP contribution in [0, 0.1) is 0 Å². The van der Waals surface area contributed by atoms with Gasteiger partial charge in [-0.3, -0.25) is 5.43 Å². The smallest absolute Gasteiger partial charge is 0.238 e. The molecule has 0 radical (unpaired) electrons. The average molecular weight is 369 g/mol. The van der Waals surface area contributed by atoms with Crippen LogP contribution in [0.3, 0.4) is 0 Å². The Morgan fingerprint density at radius 3 is 2.57 bits per heavy atom. The Bertz CT molecular complexity index is 1130. The second kappa shape index (κ2) is 7.19. The zero-order valence-corrected chi connectivity index (χ0v) is 16.0. The molecular formula is C23H23N5. The number of nitrogens with zero attached hydrogens (tertiary/aromatic N) is 4. The second-order valence-corrected chi connectivity index (χ2v) is 7.40. The van der Waals surface area contributed by atoms with E-state index in [1.807, 2.05) is 6.20 Å². The minimum atomic E-state index is 0.662. The van der Waals surface area contributed by atoms with Gasteiger partial charge in [0, 0.05) is 37.8 Å². The molecule has 140 valence electrons. The highest BCUT2D eigenvalue weighted by molar-refractivity contribution is 5.98. The quantitative estimate of drug-likeness (QED) is 0.591. The third-order valence-corrected chi connectivity index (χ3v) is 5.44. The lowest BCUT2D eigenvalue weighted by Gasteiger charge is -2.32. The maximum absolute atomic E-state index is 4.71. The predicted octanol–water partition coefficient (Wildman–Crippen LogP) is 4.02. The van der Waals surface area contributed by atoms with Crippen molar-refractivity contribution in [1.29, 1.82) is 0 Å². The number of benzene rings is 3. The first-order chi connectivity index (χ1) is 13.8. The average Bonchev–Trinajstić information content (AvgIpc) is 2.74. The number of hydrazine groups is 1. The van der Waals surface area contributed by atoms with Crippen LogP contribution in [-0.2, 0) is 0 Å². The molecule has 4 aromatic rings. The lowest BCUT2D eigenvalue weighted by atomic mass is 9.97. The van der Waals surface area contributed by atoms with Crippen LogP contribution >= 0.6 is 0 Å². The number of hydrogen-bond acceptors (Lipinski definition) is 5. The summed E-state index contributed by atoms with van der Waals surface area (Å²) >= 11 is 0. The summed E-state index contributed by atoms with van der Waals surface area (Å²) in [5.74, 6) is 0.662. The Hall–Kier alpha value is -3.02. The predicted molar refractivity (Wildman–Crippen MR) is 115 cm³/mol. The molecule has 5 nitrogen and oxygen atoms in total. The number of aromatic nitrogens is 2. The highest BCUT2D eigenvalue weighted by atomic mass is 15.5. The number of anilines is 1. The standard InChI is InChI=1S/C23H23N5/c1-27-11-13-28(14-12-27)26-23-24-16-19-15-18(9-10-22(19)25-23)21-8-4-6-17-5-2-3-7-20(17)21/h2-10,15-16H,11-14H2,1H3,(H,24,25,26). The number of hydrogen-bond donors (Lipinski definition) is 1. The fraction of sp³-hybridized carbons (Fsp3) is 0.217. The zero-order chi connectivity index (χ0) is 18.9. The lowest BCUT2D eigenvalue weighted by molar-refractivity contribution is 0.178. The first kappa shape index (κ1) is 17.1. The molecule has 5 heteroatoms. The zero-order valence-electron chi connectivity index (χ0n) is 16.0. The van der Waals surface area contributed by atoms with Crippen LogP contribution < -0.4 is 5.43 Å². The molecular weight excluding hydrogens is 346 g/mol. The van der Waals surface area contributed by atoms with Gasteiger partial charge in [-0.2, -0.15) is 0 Å². The summed E-state index contributed by atoms with van der Waals surface area (Å²) in [5, 5.41) is 5.75. The molecule has 0 atom stereocenters. The highest BCUT2D eigenvalue weighted by Crippen LogP contribution is 2.30. The molecule has 0 saturated carbocycles. The molecule has 1 N–H and O–H groups in total. The van der Waals surface area contributed by atoms with E-state index in [1.54, 1.807) is 0 Å². The van der Waals surface area contributed by atoms with Gasteiger partial charge in [-0.1, -0.05) is 48.5 Å². The number of piperazine rings is 1. The minimum Gasteiger partial charge on any atom is -0.304 e.